The Morgan fingerprint density at radius 1 is 1.15 bits per heavy atom. The SMILES string of the molecule is CC(=O)C(=O)/C=C(\O)c1cccc(NS(=O)(=O)c2cc(Cl)cc(Cl)c2O)c1. The van der Waals surface area contributed by atoms with Crippen molar-refractivity contribution in [3.8, 4) is 5.75 Å². The number of Topliss-reactive ketones (excluding diaryl/α,β-unsaturated/α-hetero) is 1. The second kappa shape index (κ2) is 7.99. The number of carbonyl (C=O) groups is 2. The van der Waals surface area contributed by atoms with E-state index in [-0.39, 0.29) is 21.3 Å². The summed E-state index contributed by atoms with van der Waals surface area (Å²) in [6.07, 6.45) is 0.735. The minimum absolute atomic E-state index is 0.00949. The lowest BCUT2D eigenvalue weighted by Gasteiger charge is -2.12. The Labute approximate surface area is 164 Å². The van der Waals surface area contributed by atoms with Gasteiger partial charge < -0.3 is 10.2 Å². The van der Waals surface area contributed by atoms with E-state index in [2.05, 4.69) is 4.72 Å². The third kappa shape index (κ3) is 5.00. The maximum Gasteiger partial charge on any atom is 0.265 e. The Morgan fingerprint density at radius 3 is 2.44 bits per heavy atom. The molecule has 0 bridgehead atoms. The standard InChI is InChI=1S/C17H13Cl2NO6S/c1-9(21)14(22)8-15(23)10-3-2-4-12(5-10)20-27(25,26)16-7-11(18)6-13(19)17(16)24/h2-8,20,23-24H,1H3/b15-8-. The summed E-state index contributed by atoms with van der Waals surface area (Å²) in [5.74, 6) is -2.84. The number of allylic oxidation sites excluding steroid dienone is 1. The molecule has 10 heteroatoms. The zero-order valence-electron chi connectivity index (χ0n) is 13.7. The first-order valence-electron chi connectivity index (χ1n) is 7.28. The molecule has 0 aliphatic heterocycles. The van der Waals surface area contributed by atoms with Crippen LogP contribution >= 0.6 is 23.2 Å². The summed E-state index contributed by atoms with van der Waals surface area (Å²) < 4.78 is 27.2. The van der Waals surface area contributed by atoms with Gasteiger partial charge in [-0.2, -0.15) is 0 Å². The molecular weight excluding hydrogens is 417 g/mol. The first-order valence-corrected chi connectivity index (χ1v) is 9.52. The molecule has 0 aromatic heterocycles. The van der Waals surface area contributed by atoms with Gasteiger partial charge in [0.05, 0.1) is 5.02 Å². The smallest absolute Gasteiger partial charge is 0.265 e. The fourth-order valence-electron chi connectivity index (χ4n) is 2.01. The zero-order chi connectivity index (χ0) is 20.4. The van der Waals surface area contributed by atoms with Crippen molar-refractivity contribution in [2.24, 2.45) is 0 Å². The van der Waals surface area contributed by atoms with Crippen LogP contribution in [0.25, 0.3) is 5.76 Å². The molecule has 0 radical (unpaired) electrons. The number of sulfonamides is 1. The molecule has 0 saturated heterocycles. The molecule has 27 heavy (non-hydrogen) atoms. The molecule has 0 aliphatic carbocycles. The number of aromatic hydroxyl groups is 1. The summed E-state index contributed by atoms with van der Waals surface area (Å²) in [7, 11) is -4.26. The molecule has 0 saturated carbocycles. The fourth-order valence-corrected chi connectivity index (χ4v) is 3.82. The van der Waals surface area contributed by atoms with Gasteiger partial charge in [-0.15, -0.1) is 0 Å². The number of hydrogen-bond acceptors (Lipinski definition) is 6. The highest BCUT2D eigenvalue weighted by Crippen LogP contribution is 2.35. The second-order valence-corrected chi connectivity index (χ2v) is 7.87. The Kier molecular flexibility index (Phi) is 6.15. The first kappa shape index (κ1) is 20.8. The van der Waals surface area contributed by atoms with Crippen molar-refractivity contribution in [1.29, 1.82) is 0 Å². The topological polar surface area (TPSA) is 121 Å². The van der Waals surface area contributed by atoms with Gasteiger partial charge in [0, 0.05) is 29.3 Å². The van der Waals surface area contributed by atoms with Gasteiger partial charge >= 0.3 is 0 Å². The van der Waals surface area contributed by atoms with Crippen molar-refractivity contribution in [3.05, 3.63) is 58.1 Å². The maximum atomic E-state index is 12.5. The fraction of sp³-hybridized carbons (Fsp3) is 0.0588. The average molecular weight is 430 g/mol. The number of halogens is 2. The number of phenols is 1. The van der Waals surface area contributed by atoms with E-state index in [0.717, 1.165) is 19.1 Å². The molecule has 2 aromatic carbocycles. The summed E-state index contributed by atoms with van der Waals surface area (Å²) >= 11 is 11.5. The average Bonchev–Trinajstić information content (AvgIpc) is 2.57. The van der Waals surface area contributed by atoms with E-state index in [9.17, 15) is 28.2 Å². The second-order valence-electron chi connectivity index (χ2n) is 5.37. The predicted molar refractivity (Wildman–Crippen MR) is 102 cm³/mol. The number of carbonyl (C=O) groups excluding carboxylic acids is 2. The molecule has 3 N–H and O–H groups in total. The molecule has 0 atom stereocenters. The van der Waals surface area contributed by atoms with Crippen LogP contribution < -0.4 is 4.72 Å². The normalized spacial score (nSPS) is 11.9. The highest BCUT2D eigenvalue weighted by atomic mass is 35.5. The molecule has 7 nitrogen and oxygen atoms in total. The van der Waals surface area contributed by atoms with E-state index < -0.39 is 38.0 Å². The van der Waals surface area contributed by atoms with Crippen LogP contribution in [0.5, 0.6) is 5.75 Å². The summed E-state index contributed by atoms with van der Waals surface area (Å²) in [6, 6.07) is 7.65. The summed E-state index contributed by atoms with van der Waals surface area (Å²) in [4.78, 5) is 21.8. The summed E-state index contributed by atoms with van der Waals surface area (Å²) in [5.41, 5.74) is 0.122. The number of ketones is 2. The monoisotopic (exact) mass is 429 g/mol. The van der Waals surface area contributed by atoms with Gasteiger partial charge in [0.15, 0.2) is 11.5 Å². The van der Waals surface area contributed by atoms with Crippen LogP contribution in [0.1, 0.15) is 12.5 Å². The quantitative estimate of drug-likeness (QED) is 0.366. The van der Waals surface area contributed by atoms with Crippen molar-refractivity contribution in [2.45, 2.75) is 11.8 Å². The minimum atomic E-state index is -4.26. The number of phenolic OH excluding ortho intramolecular Hbond substituents is 1. The lowest BCUT2D eigenvalue weighted by Crippen LogP contribution is -2.13. The molecule has 0 spiro atoms. The van der Waals surface area contributed by atoms with E-state index in [4.69, 9.17) is 23.2 Å². The molecule has 0 amide bonds. The zero-order valence-corrected chi connectivity index (χ0v) is 16.1. The largest absolute Gasteiger partial charge is 0.507 e. The summed E-state index contributed by atoms with van der Waals surface area (Å²) in [6.45, 7) is 1.05. The van der Waals surface area contributed by atoms with Gasteiger partial charge in [0.25, 0.3) is 10.0 Å². The maximum absolute atomic E-state index is 12.5. The van der Waals surface area contributed by atoms with Crippen molar-refractivity contribution in [3.63, 3.8) is 0 Å². The van der Waals surface area contributed by atoms with Gasteiger partial charge in [0.1, 0.15) is 10.7 Å². The van der Waals surface area contributed by atoms with Gasteiger partial charge in [0.2, 0.25) is 5.78 Å². The van der Waals surface area contributed by atoms with Crippen LogP contribution in [0.15, 0.2) is 47.4 Å². The van der Waals surface area contributed by atoms with Crippen molar-refractivity contribution in [2.75, 3.05) is 4.72 Å². The molecule has 0 heterocycles. The molecule has 2 aromatic rings. The molecule has 142 valence electrons. The number of hydrogen-bond donors (Lipinski definition) is 3. The number of nitrogens with one attached hydrogen (secondary N) is 1. The lowest BCUT2D eigenvalue weighted by atomic mass is 10.1. The molecular formula is C17H13Cl2NO6S. The Bertz CT molecular complexity index is 1060. The predicted octanol–water partition coefficient (Wildman–Crippen LogP) is 3.56. The molecule has 0 fully saturated rings. The third-order valence-corrected chi connectivity index (χ3v) is 5.21. The summed E-state index contributed by atoms with van der Waals surface area (Å²) in [5, 5.41) is 19.6. The number of rotatable bonds is 6. The highest BCUT2D eigenvalue weighted by Gasteiger charge is 2.22. The van der Waals surface area contributed by atoms with E-state index in [1.807, 2.05) is 0 Å². The Balaban J connectivity index is 2.39. The number of aliphatic hydroxyl groups excluding tert-OH is 1. The number of benzene rings is 2. The number of anilines is 1. The third-order valence-electron chi connectivity index (χ3n) is 3.31. The molecule has 0 unspecified atom stereocenters. The van der Waals surface area contributed by atoms with Crippen LogP contribution in [-0.4, -0.2) is 30.2 Å². The number of aliphatic hydroxyl groups is 1. The van der Waals surface area contributed by atoms with Gasteiger partial charge in [-0.3, -0.25) is 14.3 Å². The Morgan fingerprint density at radius 2 is 1.81 bits per heavy atom. The lowest BCUT2D eigenvalue weighted by molar-refractivity contribution is -0.132. The van der Waals surface area contributed by atoms with Crippen molar-refractivity contribution in [1.82, 2.24) is 0 Å². The minimum Gasteiger partial charge on any atom is -0.507 e. The van der Waals surface area contributed by atoms with E-state index in [1.54, 1.807) is 0 Å². The molecule has 0 aliphatic rings. The van der Waals surface area contributed by atoms with E-state index in [0.29, 0.717) is 0 Å². The highest BCUT2D eigenvalue weighted by molar-refractivity contribution is 7.92. The van der Waals surface area contributed by atoms with Crippen LogP contribution in [-0.2, 0) is 19.6 Å². The van der Waals surface area contributed by atoms with Gasteiger partial charge in [-0.05, 0) is 24.3 Å². The van der Waals surface area contributed by atoms with Crippen LogP contribution in [0, 0.1) is 0 Å². The molecule has 2 rings (SSSR count). The van der Waals surface area contributed by atoms with Gasteiger partial charge in [-0.25, -0.2) is 8.42 Å². The van der Waals surface area contributed by atoms with Crippen molar-refractivity contribution >= 4 is 56.2 Å². The Hall–Kier alpha value is -2.55. The van der Waals surface area contributed by atoms with Crippen LogP contribution in [0.4, 0.5) is 5.69 Å². The van der Waals surface area contributed by atoms with Crippen LogP contribution in [0.3, 0.4) is 0 Å². The van der Waals surface area contributed by atoms with Crippen molar-refractivity contribution < 1.29 is 28.2 Å². The van der Waals surface area contributed by atoms with Gasteiger partial charge in [-0.1, -0.05) is 35.3 Å². The van der Waals surface area contributed by atoms with Crippen LogP contribution in [0.2, 0.25) is 10.0 Å². The first-order chi connectivity index (χ1) is 12.5. The van der Waals surface area contributed by atoms with E-state index in [1.165, 1.54) is 30.3 Å². The van der Waals surface area contributed by atoms with E-state index >= 15 is 0 Å².